The first-order valence-electron chi connectivity index (χ1n) is 16.0. The number of hydrogen-bond donors (Lipinski definition) is 3. The average Bonchev–Trinajstić information content (AvgIpc) is 3.85. The molecule has 7 rings (SSSR count). The van der Waals surface area contributed by atoms with E-state index < -0.39 is 12.2 Å². The van der Waals surface area contributed by atoms with E-state index in [9.17, 15) is 4.39 Å². The van der Waals surface area contributed by atoms with Gasteiger partial charge in [-0.2, -0.15) is 5.10 Å². The molecule has 1 fully saturated rings. The van der Waals surface area contributed by atoms with E-state index in [1.54, 1.807) is 34.2 Å². The van der Waals surface area contributed by atoms with Gasteiger partial charge in [-0.3, -0.25) is 10.1 Å². The van der Waals surface area contributed by atoms with E-state index in [0.717, 1.165) is 41.6 Å². The molecule has 46 heavy (non-hydrogen) atoms. The number of fused-ring (bicyclic) bond motifs is 2. The summed E-state index contributed by atoms with van der Waals surface area (Å²) >= 11 is 13.9. The number of rotatable bonds is 9. The Morgan fingerprint density at radius 2 is 1.93 bits per heavy atom. The monoisotopic (exact) mass is 661 g/mol. The highest BCUT2D eigenvalue weighted by Gasteiger charge is 2.33. The highest BCUT2D eigenvalue weighted by atomic mass is 35.5. The summed E-state index contributed by atoms with van der Waals surface area (Å²) in [7, 11) is 0. The number of imidazole rings is 2. The number of amidine groups is 1. The molecular weight excluding hydrogens is 624 g/mol. The Morgan fingerprint density at radius 1 is 1.15 bits per heavy atom. The first-order valence-corrected chi connectivity index (χ1v) is 16.7. The molecule has 5 aromatic rings. The van der Waals surface area contributed by atoms with Crippen LogP contribution in [-0.2, 0) is 19.4 Å². The third-order valence-electron chi connectivity index (χ3n) is 9.60. The zero-order chi connectivity index (χ0) is 31.9. The van der Waals surface area contributed by atoms with E-state index >= 15 is 0 Å². The Labute approximate surface area is 277 Å². The quantitative estimate of drug-likeness (QED) is 0.113. The Balaban J connectivity index is 1.15. The van der Waals surface area contributed by atoms with Gasteiger partial charge in [-0.15, -0.1) is 0 Å². The Hall–Kier alpha value is -3.73. The summed E-state index contributed by atoms with van der Waals surface area (Å²) in [5, 5.41) is 18.5. The Bertz CT molecular complexity index is 1840. The highest BCUT2D eigenvalue weighted by Crippen LogP contribution is 2.39. The third kappa shape index (κ3) is 6.06. The van der Waals surface area contributed by atoms with Crippen molar-refractivity contribution in [1.82, 2.24) is 34.2 Å². The molecular formula is C34H38Cl2FN9. The second kappa shape index (κ2) is 12.8. The van der Waals surface area contributed by atoms with Crippen LogP contribution in [0.1, 0.15) is 49.7 Å². The van der Waals surface area contributed by atoms with Gasteiger partial charge < -0.3 is 19.8 Å². The molecule has 9 nitrogen and oxygen atoms in total. The molecule has 0 aliphatic carbocycles. The van der Waals surface area contributed by atoms with E-state index in [1.807, 2.05) is 6.07 Å². The second-order valence-electron chi connectivity index (χ2n) is 12.9. The predicted octanol–water partition coefficient (Wildman–Crippen LogP) is 7.41. The number of H-pyrrole nitrogens is 1. The number of likely N-dealkylation sites (tertiary alicyclic amines) is 1. The highest BCUT2D eigenvalue weighted by molar-refractivity contribution is 6.42. The van der Waals surface area contributed by atoms with Crippen molar-refractivity contribution in [2.75, 3.05) is 25.0 Å². The molecule has 2 aliphatic heterocycles. The van der Waals surface area contributed by atoms with Gasteiger partial charge in [-0.25, -0.2) is 14.4 Å². The minimum Gasteiger partial charge on any atom is -0.331 e. The van der Waals surface area contributed by atoms with Crippen LogP contribution in [0.5, 0.6) is 0 Å². The lowest BCUT2D eigenvalue weighted by Crippen LogP contribution is -2.36. The molecule has 3 aromatic heterocycles. The van der Waals surface area contributed by atoms with Crippen LogP contribution in [0.4, 0.5) is 10.3 Å². The van der Waals surface area contributed by atoms with Crippen LogP contribution in [0.15, 0.2) is 55.2 Å². The number of nitrogens with zero attached hydrogens (tertiary/aromatic N) is 6. The molecule has 12 heteroatoms. The Morgan fingerprint density at radius 3 is 2.65 bits per heavy atom. The lowest BCUT2D eigenvalue weighted by atomic mass is 9.86. The number of hydrogen-bond acceptors (Lipinski definition) is 5. The van der Waals surface area contributed by atoms with Crippen molar-refractivity contribution < 1.29 is 4.39 Å². The van der Waals surface area contributed by atoms with Crippen LogP contribution in [0.3, 0.4) is 0 Å². The molecule has 2 atom stereocenters. The van der Waals surface area contributed by atoms with Crippen LogP contribution in [0.2, 0.25) is 10.0 Å². The van der Waals surface area contributed by atoms with E-state index in [4.69, 9.17) is 33.7 Å². The number of halogens is 3. The molecule has 3 N–H and O–H groups in total. The van der Waals surface area contributed by atoms with Gasteiger partial charge in [-0.05, 0) is 61.4 Å². The summed E-state index contributed by atoms with van der Waals surface area (Å²) in [5.74, 6) is 2.09. The maximum atomic E-state index is 14.4. The smallest absolute Gasteiger partial charge is 0.205 e. The third-order valence-corrected chi connectivity index (χ3v) is 10.3. The average molecular weight is 663 g/mol. The molecule has 0 amide bonds. The molecule has 0 spiro atoms. The first kappa shape index (κ1) is 30.9. The molecule has 2 aliphatic rings. The van der Waals surface area contributed by atoms with Crippen molar-refractivity contribution in [2.24, 2.45) is 11.8 Å². The fraction of sp³-hybridized carbons (Fsp3) is 0.412. The summed E-state index contributed by atoms with van der Waals surface area (Å²) in [4.78, 5) is 14.3. The lowest BCUT2D eigenvalue weighted by Gasteiger charge is -2.33. The molecule has 1 saturated heterocycles. The molecule has 0 saturated carbocycles. The first-order chi connectivity index (χ1) is 22.2. The maximum Gasteiger partial charge on any atom is 0.205 e. The Kier molecular flexibility index (Phi) is 8.61. The minimum absolute atomic E-state index is 0.0684. The molecule has 0 bridgehead atoms. The van der Waals surface area contributed by atoms with Crippen molar-refractivity contribution >= 4 is 45.9 Å². The van der Waals surface area contributed by atoms with Crippen molar-refractivity contribution in [1.29, 1.82) is 5.41 Å². The van der Waals surface area contributed by atoms with Crippen molar-refractivity contribution in [3.63, 3.8) is 0 Å². The van der Waals surface area contributed by atoms with Gasteiger partial charge in [0.2, 0.25) is 5.95 Å². The van der Waals surface area contributed by atoms with Gasteiger partial charge in [-0.1, -0.05) is 61.3 Å². The van der Waals surface area contributed by atoms with E-state index in [2.05, 4.69) is 63.3 Å². The van der Waals surface area contributed by atoms with E-state index in [0.29, 0.717) is 32.6 Å². The summed E-state index contributed by atoms with van der Waals surface area (Å²) in [6.45, 7) is 8.35. The molecule has 0 radical (unpaired) electrons. The van der Waals surface area contributed by atoms with Crippen LogP contribution in [0, 0.1) is 17.2 Å². The van der Waals surface area contributed by atoms with Gasteiger partial charge in [0, 0.05) is 48.2 Å². The minimum atomic E-state index is -0.999. The van der Waals surface area contributed by atoms with E-state index in [1.165, 1.54) is 31.5 Å². The van der Waals surface area contributed by atoms with Gasteiger partial charge in [0.05, 0.1) is 28.6 Å². The number of anilines is 1. The molecule has 1 unspecified atom stereocenters. The fourth-order valence-corrected chi connectivity index (χ4v) is 7.44. The van der Waals surface area contributed by atoms with Crippen LogP contribution >= 0.6 is 23.2 Å². The number of aromatic amines is 1. The largest absolute Gasteiger partial charge is 0.331 e. The molecule has 240 valence electrons. The van der Waals surface area contributed by atoms with Crippen molar-refractivity contribution in [3.8, 4) is 11.1 Å². The summed E-state index contributed by atoms with van der Waals surface area (Å²) in [6.07, 6.45) is 9.47. The number of piperidine rings is 1. The zero-order valence-corrected chi connectivity index (χ0v) is 27.5. The number of aromatic nitrogens is 6. The normalized spacial score (nSPS) is 18.0. The summed E-state index contributed by atoms with van der Waals surface area (Å²) < 4.78 is 17.8. The molecule has 2 aromatic carbocycles. The predicted molar refractivity (Wildman–Crippen MR) is 182 cm³/mol. The van der Waals surface area contributed by atoms with Crippen LogP contribution < -0.4 is 5.32 Å². The fourth-order valence-electron chi connectivity index (χ4n) is 6.89. The second-order valence-corrected chi connectivity index (χ2v) is 13.7. The van der Waals surface area contributed by atoms with Crippen LogP contribution in [0.25, 0.3) is 22.0 Å². The number of nitrogens with one attached hydrogen (secondary N) is 3. The lowest BCUT2D eigenvalue weighted by molar-refractivity contribution is 0.159. The van der Waals surface area contributed by atoms with Crippen LogP contribution in [-0.4, -0.2) is 65.8 Å². The number of benzene rings is 2. The SMILES string of the molecule is CC(C)C1CCN(CCc2ccc(-c3cc(Cl)c4cn(C(C(=N)Nc5ncc[nH]5)c5ncn6c5C[C@@H](F)C6)nc4c3Cl)cc2)CC1. The van der Waals surface area contributed by atoms with Gasteiger partial charge >= 0.3 is 0 Å². The maximum absolute atomic E-state index is 14.4. The number of alkyl halides is 1. The van der Waals surface area contributed by atoms with Crippen molar-refractivity contribution in [2.45, 2.75) is 58.3 Å². The van der Waals surface area contributed by atoms with E-state index in [-0.39, 0.29) is 18.8 Å². The standard InChI is InChI=1S/C34H38Cl2FN9/c1-20(2)22-8-13-44(14-9-22)12-7-21-3-5-23(6-4-21)25-16-27(35)26-18-46(43-30(26)29(25)36)32(33(38)42-34-39-10-11-40-34)31-28-15-24(37)17-45(28)19-41-31/h3-6,10-11,16,18-20,22,24,32H,7-9,12-15,17H2,1-2H3,(H3,38,39,40,42)/t24-,32?/m1/s1. The van der Waals surface area contributed by atoms with Gasteiger partial charge in [0.1, 0.15) is 17.5 Å². The topological polar surface area (TPSA) is 103 Å². The summed E-state index contributed by atoms with van der Waals surface area (Å²) in [5.41, 5.74) is 4.83. The zero-order valence-electron chi connectivity index (χ0n) is 26.0. The van der Waals surface area contributed by atoms with Crippen molar-refractivity contribution in [3.05, 3.63) is 82.2 Å². The van der Waals surface area contributed by atoms with Gasteiger partial charge in [0.15, 0.2) is 6.04 Å². The van der Waals surface area contributed by atoms with Gasteiger partial charge in [0.25, 0.3) is 0 Å². The summed E-state index contributed by atoms with van der Waals surface area (Å²) in [6, 6.07) is 9.60. The molecule has 5 heterocycles.